The largest absolute Gasteiger partial charge is 0.491 e. The number of hydrogen-bond acceptors (Lipinski definition) is 3. The van der Waals surface area contributed by atoms with Crippen molar-refractivity contribution in [3.05, 3.63) is 46.8 Å². The standard InChI is InChI=1S/C20H24FN3O2/c1-12(2)19-22-16-7-6-13(10-17(16)23-19)20(25)24-8-9-26-18-5-3-4-15(21)14(18)11-24/h3-5,12-13H,6-11H2,1-2H3,(H,22,23). The van der Waals surface area contributed by atoms with Gasteiger partial charge in [0.25, 0.3) is 0 Å². The number of fused-ring (bicyclic) bond motifs is 2. The lowest BCUT2D eigenvalue weighted by atomic mass is 9.88. The molecule has 0 bridgehead atoms. The predicted octanol–water partition coefficient (Wildman–Crippen LogP) is 3.20. The minimum absolute atomic E-state index is 0.0797. The number of imidazole rings is 1. The molecule has 6 heteroatoms. The Kier molecular flexibility index (Phi) is 4.42. The Morgan fingerprint density at radius 3 is 3.08 bits per heavy atom. The minimum atomic E-state index is -0.316. The molecular weight excluding hydrogens is 333 g/mol. The first-order valence-electron chi connectivity index (χ1n) is 9.29. The van der Waals surface area contributed by atoms with E-state index >= 15 is 0 Å². The zero-order valence-corrected chi connectivity index (χ0v) is 15.2. The molecule has 5 nitrogen and oxygen atoms in total. The lowest BCUT2D eigenvalue weighted by molar-refractivity contribution is -0.136. The summed E-state index contributed by atoms with van der Waals surface area (Å²) in [5, 5.41) is 0. The van der Waals surface area contributed by atoms with Crippen LogP contribution in [-0.4, -0.2) is 33.9 Å². The number of nitrogens with zero attached hydrogens (tertiary/aromatic N) is 2. The van der Waals surface area contributed by atoms with Crippen LogP contribution in [0, 0.1) is 11.7 Å². The number of carbonyl (C=O) groups excluding carboxylic acids is 1. The number of carbonyl (C=O) groups is 1. The average molecular weight is 357 g/mol. The Morgan fingerprint density at radius 2 is 2.27 bits per heavy atom. The van der Waals surface area contributed by atoms with E-state index in [0.29, 0.717) is 36.8 Å². The van der Waals surface area contributed by atoms with Crippen LogP contribution in [0.4, 0.5) is 4.39 Å². The van der Waals surface area contributed by atoms with Crippen LogP contribution in [0.5, 0.6) is 5.75 Å². The highest BCUT2D eigenvalue weighted by Crippen LogP contribution is 2.30. The summed E-state index contributed by atoms with van der Waals surface area (Å²) in [7, 11) is 0. The molecule has 1 aliphatic carbocycles. The number of halogens is 1. The zero-order valence-electron chi connectivity index (χ0n) is 15.2. The van der Waals surface area contributed by atoms with Crippen molar-refractivity contribution in [2.24, 2.45) is 5.92 Å². The fraction of sp³-hybridized carbons (Fsp3) is 0.500. The molecular formula is C20H24FN3O2. The number of aromatic amines is 1. The van der Waals surface area contributed by atoms with Gasteiger partial charge in [0, 0.05) is 29.5 Å². The quantitative estimate of drug-likeness (QED) is 0.898. The van der Waals surface area contributed by atoms with E-state index < -0.39 is 0 Å². The van der Waals surface area contributed by atoms with E-state index in [2.05, 4.69) is 23.8 Å². The molecule has 0 saturated carbocycles. The Balaban J connectivity index is 1.52. The van der Waals surface area contributed by atoms with Crippen LogP contribution in [0.25, 0.3) is 0 Å². The molecule has 0 saturated heterocycles. The molecule has 1 N–H and O–H groups in total. The second kappa shape index (κ2) is 6.74. The maximum atomic E-state index is 14.2. The van der Waals surface area contributed by atoms with E-state index in [1.165, 1.54) is 6.07 Å². The monoisotopic (exact) mass is 357 g/mol. The molecule has 2 aliphatic rings. The van der Waals surface area contributed by atoms with Crippen molar-refractivity contribution in [1.82, 2.24) is 14.9 Å². The summed E-state index contributed by atoms with van der Waals surface area (Å²) in [4.78, 5) is 22.9. The van der Waals surface area contributed by atoms with Crippen LogP contribution in [-0.2, 0) is 24.2 Å². The van der Waals surface area contributed by atoms with Crippen LogP contribution in [0.3, 0.4) is 0 Å². The molecule has 0 fully saturated rings. The van der Waals surface area contributed by atoms with Gasteiger partial charge in [-0.15, -0.1) is 0 Å². The van der Waals surface area contributed by atoms with Gasteiger partial charge in [-0.05, 0) is 25.0 Å². The smallest absolute Gasteiger partial charge is 0.226 e. The zero-order chi connectivity index (χ0) is 18.3. The van der Waals surface area contributed by atoms with Crippen LogP contribution in [0.1, 0.15) is 49.0 Å². The van der Waals surface area contributed by atoms with E-state index in [0.717, 1.165) is 30.1 Å². The van der Waals surface area contributed by atoms with Crippen molar-refractivity contribution < 1.29 is 13.9 Å². The number of aromatic nitrogens is 2. The predicted molar refractivity (Wildman–Crippen MR) is 95.5 cm³/mol. The molecule has 0 radical (unpaired) electrons. The third kappa shape index (κ3) is 3.08. The third-order valence-corrected chi connectivity index (χ3v) is 5.31. The summed E-state index contributed by atoms with van der Waals surface area (Å²) < 4.78 is 19.8. The van der Waals surface area contributed by atoms with E-state index in [1.807, 2.05) is 0 Å². The molecule has 2 aromatic rings. The highest BCUT2D eigenvalue weighted by molar-refractivity contribution is 5.79. The first kappa shape index (κ1) is 17.1. The van der Waals surface area contributed by atoms with Gasteiger partial charge < -0.3 is 14.6 Å². The van der Waals surface area contributed by atoms with Crippen molar-refractivity contribution in [2.45, 2.75) is 45.6 Å². The molecule has 1 aromatic heterocycles. The van der Waals surface area contributed by atoms with Crippen LogP contribution in [0.15, 0.2) is 18.2 Å². The summed E-state index contributed by atoms with van der Waals surface area (Å²) in [5.41, 5.74) is 2.64. The fourth-order valence-corrected chi connectivity index (χ4v) is 3.80. The number of aryl methyl sites for hydroxylation is 1. The Morgan fingerprint density at radius 1 is 1.42 bits per heavy atom. The highest BCUT2D eigenvalue weighted by atomic mass is 19.1. The van der Waals surface area contributed by atoms with Crippen LogP contribution >= 0.6 is 0 Å². The Bertz CT molecular complexity index is 830. The summed E-state index contributed by atoms with van der Waals surface area (Å²) in [5.74, 6) is 1.55. The first-order valence-corrected chi connectivity index (χ1v) is 9.29. The molecule has 1 amide bonds. The summed E-state index contributed by atoms with van der Waals surface area (Å²) in [6.07, 6.45) is 2.27. The second-order valence-corrected chi connectivity index (χ2v) is 7.47. The SMILES string of the molecule is CC(C)c1nc2c([nH]1)CC(C(=O)N1CCOc3cccc(F)c3C1)CC2. The Labute approximate surface area is 152 Å². The van der Waals surface area contributed by atoms with E-state index in [-0.39, 0.29) is 24.2 Å². The summed E-state index contributed by atoms with van der Waals surface area (Å²) in [6, 6.07) is 4.82. The number of benzene rings is 1. The lowest BCUT2D eigenvalue weighted by Crippen LogP contribution is -2.39. The van der Waals surface area contributed by atoms with Gasteiger partial charge >= 0.3 is 0 Å². The number of H-pyrrole nitrogens is 1. The van der Waals surface area contributed by atoms with Crippen molar-refractivity contribution in [2.75, 3.05) is 13.2 Å². The molecule has 1 atom stereocenters. The van der Waals surface area contributed by atoms with Crippen LogP contribution in [0.2, 0.25) is 0 Å². The van der Waals surface area contributed by atoms with E-state index in [4.69, 9.17) is 4.74 Å². The minimum Gasteiger partial charge on any atom is -0.491 e. The van der Waals surface area contributed by atoms with E-state index in [1.54, 1.807) is 17.0 Å². The Hall–Kier alpha value is -2.37. The van der Waals surface area contributed by atoms with Gasteiger partial charge in [-0.25, -0.2) is 9.37 Å². The maximum Gasteiger partial charge on any atom is 0.226 e. The van der Waals surface area contributed by atoms with Gasteiger partial charge in [0.05, 0.1) is 18.8 Å². The maximum absolute atomic E-state index is 14.2. The summed E-state index contributed by atoms with van der Waals surface area (Å²) in [6.45, 7) is 5.36. The summed E-state index contributed by atoms with van der Waals surface area (Å²) >= 11 is 0. The first-order chi connectivity index (χ1) is 12.5. The number of ether oxygens (including phenoxy) is 1. The molecule has 2 heterocycles. The van der Waals surface area contributed by atoms with Crippen molar-refractivity contribution >= 4 is 5.91 Å². The van der Waals surface area contributed by atoms with Crippen molar-refractivity contribution in [3.63, 3.8) is 0 Å². The van der Waals surface area contributed by atoms with Crippen molar-refractivity contribution in [3.8, 4) is 5.75 Å². The normalized spacial score (nSPS) is 19.5. The fourth-order valence-electron chi connectivity index (χ4n) is 3.80. The molecule has 26 heavy (non-hydrogen) atoms. The van der Waals surface area contributed by atoms with Gasteiger partial charge in [0.1, 0.15) is 24.0 Å². The number of hydrogen-bond donors (Lipinski definition) is 1. The van der Waals surface area contributed by atoms with Gasteiger partial charge in [0.15, 0.2) is 0 Å². The number of amides is 1. The third-order valence-electron chi connectivity index (χ3n) is 5.31. The average Bonchev–Trinajstić information content (AvgIpc) is 2.93. The lowest BCUT2D eigenvalue weighted by Gasteiger charge is -2.27. The van der Waals surface area contributed by atoms with Crippen LogP contribution < -0.4 is 4.74 Å². The van der Waals surface area contributed by atoms with Gasteiger partial charge in [-0.1, -0.05) is 19.9 Å². The number of rotatable bonds is 2. The van der Waals surface area contributed by atoms with Gasteiger partial charge in [0.2, 0.25) is 5.91 Å². The molecule has 1 unspecified atom stereocenters. The van der Waals surface area contributed by atoms with E-state index in [9.17, 15) is 9.18 Å². The molecule has 1 aliphatic heterocycles. The highest BCUT2D eigenvalue weighted by Gasteiger charge is 2.32. The second-order valence-electron chi connectivity index (χ2n) is 7.47. The molecule has 0 spiro atoms. The molecule has 138 valence electrons. The topological polar surface area (TPSA) is 58.2 Å². The number of nitrogens with one attached hydrogen (secondary N) is 1. The molecule has 1 aromatic carbocycles. The van der Waals surface area contributed by atoms with Gasteiger partial charge in [-0.3, -0.25) is 4.79 Å². The van der Waals surface area contributed by atoms with Gasteiger partial charge in [-0.2, -0.15) is 0 Å². The van der Waals surface area contributed by atoms with Crippen molar-refractivity contribution in [1.29, 1.82) is 0 Å². The molecule has 4 rings (SSSR count).